The lowest BCUT2D eigenvalue weighted by atomic mass is 9.88. The summed E-state index contributed by atoms with van der Waals surface area (Å²) in [4.78, 5) is 4.11. The number of piperidine rings is 1. The Hall–Kier alpha value is -0.930. The summed E-state index contributed by atoms with van der Waals surface area (Å²) in [5, 5.41) is 3.36. The number of nitrogens with two attached hydrogens (primary N) is 1. The van der Waals surface area contributed by atoms with Crippen molar-refractivity contribution in [3.8, 4) is 0 Å². The zero-order chi connectivity index (χ0) is 9.10. The molecule has 1 saturated heterocycles. The standard InChI is InChI=1S/C10H15N3/c11-10-3-5-13-7-9(10)8-2-1-4-12-6-8/h1-2,4,6,9-10,13H,3,5,7,11H2. The summed E-state index contributed by atoms with van der Waals surface area (Å²) in [5.41, 5.74) is 7.30. The lowest BCUT2D eigenvalue weighted by molar-refractivity contribution is 0.402. The van der Waals surface area contributed by atoms with Gasteiger partial charge in [0.1, 0.15) is 0 Å². The molecule has 0 spiro atoms. The van der Waals surface area contributed by atoms with Crippen LogP contribution >= 0.6 is 0 Å². The maximum Gasteiger partial charge on any atom is 0.0303 e. The molecule has 13 heavy (non-hydrogen) atoms. The van der Waals surface area contributed by atoms with Crippen molar-refractivity contribution < 1.29 is 0 Å². The van der Waals surface area contributed by atoms with Crippen molar-refractivity contribution in [2.75, 3.05) is 13.1 Å². The Labute approximate surface area is 78.4 Å². The smallest absolute Gasteiger partial charge is 0.0303 e. The van der Waals surface area contributed by atoms with Crippen LogP contribution in [0.4, 0.5) is 0 Å². The minimum atomic E-state index is 0.283. The molecule has 0 saturated carbocycles. The van der Waals surface area contributed by atoms with E-state index in [2.05, 4.69) is 16.4 Å². The third-order valence-corrected chi connectivity index (χ3v) is 2.65. The van der Waals surface area contributed by atoms with Gasteiger partial charge in [0.15, 0.2) is 0 Å². The second kappa shape index (κ2) is 3.85. The van der Waals surface area contributed by atoms with E-state index in [0.29, 0.717) is 5.92 Å². The maximum atomic E-state index is 6.04. The highest BCUT2D eigenvalue weighted by Gasteiger charge is 2.22. The predicted octanol–water partition coefficient (Wildman–Crippen LogP) is 0.486. The summed E-state index contributed by atoms with van der Waals surface area (Å²) in [6.07, 6.45) is 4.77. The summed E-state index contributed by atoms with van der Waals surface area (Å²) in [6.45, 7) is 2.02. The number of nitrogens with zero attached hydrogens (tertiary/aromatic N) is 1. The van der Waals surface area contributed by atoms with Gasteiger partial charge in [-0.05, 0) is 24.6 Å². The molecule has 0 amide bonds. The molecule has 1 aromatic rings. The molecule has 70 valence electrons. The number of aromatic nitrogens is 1. The van der Waals surface area contributed by atoms with Gasteiger partial charge in [0, 0.05) is 30.9 Å². The van der Waals surface area contributed by atoms with Crippen molar-refractivity contribution in [2.24, 2.45) is 5.73 Å². The molecular weight excluding hydrogens is 162 g/mol. The van der Waals surface area contributed by atoms with Gasteiger partial charge >= 0.3 is 0 Å². The normalized spacial score (nSPS) is 28.7. The Balaban J connectivity index is 2.15. The van der Waals surface area contributed by atoms with Gasteiger partial charge in [0.2, 0.25) is 0 Å². The van der Waals surface area contributed by atoms with E-state index in [1.807, 2.05) is 12.3 Å². The zero-order valence-corrected chi connectivity index (χ0v) is 7.61. The van der Waals surface area contributed by atoms with Gasteiger partial charge in [-0.15, -0.1) is 0 Å². The molecule has 2 atom stereocenters. The molecule has 1 aromatic heterocycles. The Morgan fingerprint density at radius 3 is 3.15 bits per heavy atom. The third-order valence-electron chi connectivity index (χ3n) is 2.65. The zero-order valence-electron chi connectivity index (χ0n) is 7.61. The quantitative estimate of drug-likeness (QED) is 0.656. The van der Waals surface area contributed by atoms with E-state index in [-0.39, 0.29) is 6.04 Å². The van der Waals surface area contributed by atoms with Gasteiger partial charge in [-0.3, -0.25) is 4.98 Å². The van der Waals surface area contributed by atoms with Crippen LogP contribution in [0.5, 0.6) is 0 Å². The highest BCUT2D eigenvalue weighted by atomic mass is 14.9. The fraction of sp³-hybridized carbons (Fsp3) is 0.500. The molecule has 0 bridgehead atoms. The van der Waals surface area contributed by atoms with Crippen LogP contribution in [0, 0.1) is 0 Å². The number of hydrogen-bond donors (Lipinski definition) is 2. The summed E-state index contributed by atoms with van der Waals surface area (Å²) in [5.74, 6) is 0.433. The summed E-state index contributed by atoms with van der Waals surface area (Å²) in [7, 11) is 0. The molecule has 1 fully saturated rings. The first-order valence-corrected chi connectivity index (χ1v) is 4.74. The fourth-order valence-corrected chi connectivity index (χ4v) is 1.84. The van der Waals surface area contributed by atoms with Crippen molar-refractivity contribution in [3.63, 3.8) is 0 Å². The van der Waals surface area contributed by atoms with E-state index in [9.17, 15) is 0 Å². The maximum absolute atomic E-state index is 6.04. The molecule has 0 radical (unpaired) electrons. The molecule has 0 aliphatic carbocycles. The van der Waals surface area contributed by atoms with Gasteiger partial charge in [-0.1, -0.05) is 6.07 Å². The second-order valence-corrected chi connectivity index (χ2v) is 3.55. The summed E-state index contributed by atoms with van der Waals surface area (Å²) >= 11 is 0. The molecule has 0 aromatic carbocycles. The molecular formula is C10H15N3. The van der Waals surface area contributed by atoms with Crippen LogP contribution in [0.3, 0.4) is 0 Å². The van der Waals surface area contributed by atoms with Gasteiger partial charge in [0.05, 0.1) is 0 Å². The average Bonchev–Trinajstić information content (AvgIpc) is 2.20. The molecule has 2 heterocycles. The lowest BCUT2D eigenvalue weighted by Crippen LogP contribution is -2.43. The number of rotatable bonds is 1. The minimum absolute atomic E-state index is 0.283. The van der Waals surface area contributed by atoms with Crippen LogP contribution in [-0.2, 0) is 0 Å². The second-order valence-electron chi connectivity index (χ2n) is 3.55. The molecule has 2 rings (SSSR count). The van der Waals surface area contributed by atoms with E-state index >= 15 is 0 Å². The molecule has 3 N–H and O–H groups in total. The Morgan fingerprint density at radius 1 is 1.54 bits per heavy atom. The topological polar surface area (TPSA) is 50.9 Å². The Morgan fingerprint density at radius 2 is 2.46 bits per heavy atom. The monoisotopic (exact) mass is 177 g/mol. The van der Waals surface area contributed by atoms with Crippen LogP contribution in [0.2, 0.25) is 0 Å². The lowest BCUT2D eigenvalue weighted by Gasteiger charge is -2.29. The minimum Gasteiger partial charge on any atom is -0.327 e. The van der Waals surface area contributed by atoms with E-state index < -0.39 is 0 Å². The van der Waals surface area contributed by atoms with Crippen LogP contribution in [0.15, 0.2) is 24.5 Å². The van der Waals surface area contributed by atoms with Gasteiger partial charge in [-0.2, -0.15) is 0 Å². The van der Waals surface area contributed by atoms with Gasteiger partial charge in [0.25, 0.3) is 0 Å². The van der Waals surface area contributed by atoms with E-state index in [1.54, 1.807) is 6.20 Å². The SMILES string of the molecule is NC1CCNCC1c1cccnc1. The van der Waals surface area contributed by atoms with Crippen molar-refractivity contribution >= 4 is 0 Å². The number of pyridine rings is 1. The van der Waals surface area contributed by atoms with Crippen LogP contribution in [-0.4, -0.2) is 24.1 Å². The van der Waals surface area contributed by atoms with Crippen molar-refractivity contribution in [2.45, 2.75) is 18.4 Å². The van der Waals surface area contributed by atoms with Gasteiger partial charge < -0.3 is 11.1 Å². The summed E-state index contributed by atoms with van der Waals surface area (Å²) < 4.78 is 0. The number of nitrogens with one attached hydrogen (secondary N) is 1. The third kappa shape index (κ3) is 1.87. The molecule has 3 nitrogen and oxygen atoms in total. The molecule has 2 unspecified atom stereocenters. The van der Waals surface area contributed by atoms with E-state index in [1.165, 1.54) is 5.56 Å². The highest BCUT2D eigenvalue weighted by Crippen LogP contribution is 2.20. The highest BCUT2D eigenvalue weighted by molar-refractivity contribution is 5.18. The largest absolute Gasteiger partial charge is 0.327 e. The van der Waals surface area contributed by atoms with E-state index in [4.69, 9.17) is 5.73 Å². The first-order chi connectivity index (χ1) is 6.38. The molecule has 1 aliphatic rings. The van der Waals surface area contributed by atoms with E-state index in [0.717, 1.165) is 19.5 Å². The van der Waals surface area contributed by atoms with Crippen LogP contribution in [0.1, 0.15) is 17.9 Å². The molecule has 1 aliphatic heterocycles. The first-order valence-electron chi connectivity index (χ1n) is 4.74. The van der Waals surface area contributed by atoms with Crippen LogP contribution < -0.4 is 11.1 Å². The predicted molar refractivity (Wildman–Crippen MR) is 52.4 cm³/mol. The van der Waals surface area contributed by atoms with Crippen molar-refractivity contribution in [1.29, 1.82) is 0 Å². The summed E-state index contributed by atoms with van der Waals surface area (Å²) in [6, 6.07) is 4.35. The van der Waals surface area contributed by atoms with Crippen molar-refractivity contribution in [3.05, 3.63) is 30.1 Å². The Kier molecular flexibility index (Phi) is 2.57. The van der Waals surface area contributed by atoms with Gasteiger partial charge in [-0.25, -0.2) is 0 Å². The fourth-order valence-electron chi connectivity index (χ4n) is 1.84. The molecule has 3 heteroatoms. The number of hydrogen-bond acceptors (Lipinski definition) is 3. The van der Waals surface area contributed by atoms with Crippen LogP contribution in [0.25, 0.3) is 0 Å². The Bertz CT molecular complexity index is 260. The van der Waals surface area contributed by atoms with Crippen molar-refractivity contribution in [1.82, 2.24) is 10.3 Å². The first kappa shape index (κ1) is 8.66. The average molecular weight is 177 g/mol.